The van der Waals surface area contributed by atoms with Crippen LogP contribution < -0.4 is 5.32 Å². The Balaban J connectivity index is 1.65. The molecule has 0 aliphatic carbocycles. The van der Waals surface area contributed by atoms with Crippen LogP contribution in [0.1, 0.15) is 18.9 Å². The second kappa shape index (κ2) is 9.06. The number of urea groups is 1. The van der Waals surface area contributed by atoms with Gasteiger partial charge in [-0.1, -0.05) is 0 Å². The number of carbonyl (C=O) groups is 2. The second-order valence-electron chi connectivity index (χ2n) is 7.70. The average Bonchev–Trinajstić information content (AvgIpc) is 3.20. The number of nitro groups is 1. The summed E-state index contributed by atoms with van der Waals surface area (Å²) in [6.07, 6.45) is -0.254. The lowest BCUT2D eigenvalue weighted by molar-refractivity contribution is -0.384. The van der Waals surface area contributed by atoms with Crippen molar-refractivity contribution in [2.24, 2.45) is 0 Å². The van der Waals surface area contributed by atoms with Gasteiger partial charge in [-0.3, -0.25) is 14.3 Å². The van der Waals surface area contributed by atoms with Crippen molar-refractivity contribution in [3.63, 3.8) is 0 Å². The lowest BCUT2D eigenvalue weighted by Gasteiger charge is -2.27. The summed E-state index contributed by atoms with van der Waals surface area (Å²) in [5.41, 5.74) is 0.486. The van der Waals surface area contributed by atoms with Crippen LogP contribution in [0, 0.1) is 10.1 Å². The number of nitro benzene ring substituents is 1. The molecule has 1 aromatic carbocycles. The third-order valence-electron chi connectivity index (χ3n) is 5.01. The summed E-state index contributed by atoms with van der Waals surface area (Å²) >= 11 is 0. The van der Waals surface area contributed by atoms with Gasteiger partial charge in [0.2, 0.25) is 0 Å². The molecule has 13 heteroatoms. The first-order valence-corrected chi connectivity index (χ1v) is 11.4. The van der Waals surface area contributed by atoms with E-state index in [2.05, 4.69) is 5.32 Å². The van der Waals surface area contributed by atoms with Crippen molar-refractivity contribution in [3.8, 4) is 0 Å². The number of carbonyl (C=O) groups excluding carboxylic acids is 2. The maximum atomic E-state index is 12.7. The molecule has 3 atom stereocenters. The van der Waals surface area contributed by atoms with Crippen LogP contribution in [-0.2, 0) is 25.6 Å². The molecule has 170 valence electrons. The highest BCUT2D eigenvalue weighted by Crippen LogP contribution is 2.25. The zero-order valence-electron chi connectivity index (χ0n) is 17.1. The Morgan fingerprint density at radius 2 is 1.97 bits per heavy atom. The number of benzene rings is 1. The van der Waals surface area contributed by atoms with Crippen molar-refractivity contribution >= 4 is 27.9 Å². The minimum atomic E-state index is -3.72. The normalized spacial score (nSPS) is 23.7. The second-order valence-corrected chi connectivity index (χ2v) is 9.30. The van der Waals surface area contributed by atoms with E-state index >= 15 is 0 Å². The zero-order chi connectivity index (χ0) is 22.8. The van der Waals surface area contributed by atoms with Gasteiger partial charge in [0.25, 0.3) is 15.8 Å². The maximum Gasteiger partial charge on any atom is 0.410 e. The minimum absolute atomic E-state index is 0.00183. The Bertz CT molecular complexity index is 952. The highest BCUT2D eigenvalue weighted by molar-refractivity contribution is 7.86. The van der Waals surface area contributed by atoms with Crippen LogP contribution in [0.2, 0.25) is 0 Å². The molecule has 0 saturated carbocycles. The van der Waals surface area contributed by atoms with Crippen molar-refractivity contribution in [2.45, 2.75) is 38.1 Å². The number of amides is 3. The van der Waals surface area contributed by atoms with Crippen molar-refractivity contribution in [1.29, 1.82) is 0 Å². The number of hydrogen-bond donors (Lipinski definition) is 1. The Morgan fingerprint density at radius 1 is 1.29 bits per heavy atom. The summed E-state index contributed by atoms with van der Waals surface area (Å²) in [5, 5.41) is 13.5. The largest absolute Gasteiger partial charge is 0.445 e. The molecule has 0 aromatic heterocycles. The topological polar surface area (TPSA) is 148 Å². The molecule has 1 unspecified atom stereocenters. The quantitative estimate of drug-likeness (QED) is 0.364. The standard InChI is InChI=1S/C18H24N4O8S/c1-12-8-20(17(23)19-12)9-15-7-16(30-31(2,27)28)10-21(15)18(24)29-11-13-3-5-14(6-4-13)22(25)26/h3-6,12,15-16H,7-11H2,1-2H3,(H,19,23)/t12?,15-,16+/m0/s1. The molecule has 2 aliphatic rings. The number of non-ortho nitro benzene ring substituents is 1. The van der Waals surface area contributed by atoms with Crippen molar-refractivity contribution in [2.75, 3.05) is 25.9 Å². The average molecular weight is 456 g/mol. The van der Waals surface area contributed by atoms with Crippen molar-refractivity contribution in [1.82, 2.24) is 15.1 Å². The summed E-state index contributed by atoms with van der Waals surface area (Å²) < 4.78 is 33.4. The lowest BCUT2D eigenvalue weighted by atomic mass is 10.2. The molecule has 0 radical (unpaired) electrons. The summed E-state index contributed by atoms with van der Waals surface area (Å²) in [6.45, 7) is 2.43. The van der Waals surface area contributed by atoms with E-state index in [9.17, 15) is 28.1 Å². The molecule has 0 bridgehead atoms. The van der Waals surface area contributed by atoms with E-state index < -0.39 is 33.3 Å². The van der Waals surface area contributed by atoms with Gasteiger partial charge in [0.1, 0.15) is 6.61 Å². The monoisotopic (exact) mass is 456 g/mol. The SMILES string of the molecule is CC1CN(C[C@@H]2C[C@@H](OS(C)(=O)=O)CN2C(=O)OCc2ccc([N+](=O)[O-])cc2)C(=O)N1. The Labute approximate surface area is 179 Å². The molecule has 12 nitrogen and oxygen atoms in total. The molecule has 0 spiro atoms. The Kier molecular flexibility index (Phi) is 6.65. The summed E-state index contributed by atoms with van der Waals surface area (Å²) in [6, 6.07) is 4.83. The Morgan fingerprint density at radius 3 is 2.52 bits per heavy atom. The first kappa shape index (κ1) is 22.7. The fraction of sp³-hybridized carbons (Fsp3) is 0.556. The Hall–Kier alpha value is -2.93. The van der Waals surface area contributed by atoms with Crippen LogP contribution >= 0.6 is 0 Å². The van der Waals surface area contributed by atoms with Crippen LogP contribution in [0.4, 0.5) is 15.3 Å². The molecule has 2 saturated heterocycles. The molecule has 3 amide bonds. The number of nitrogens with zero attached hydrogens (tertiary/aromatic N) is 3. The number of likely N-dealkylation sites (tertiary alicyclic amines) is 1. The number of ether oxygens (including phenoxy) is 1. The van der Waals surface area contributed by atoms with E-state index in [1.807, 2.05) is 6.92 Å². The van der Waals surface area contributed by atoms with E-state index in [1.165, 1.54) is 29.2 Å². The molecule has 1 N–H and O–H groups in total. The molecule has 2 fully saturated rings. The molecule has 2 aliphatic heterocycles. The number of nitrogens with one attached hydrogen (secondary N) is 1. The van der Waals surface area contributed by atoms with E-state index in [1.54, 1.807) is 4.90 Å². The van der Waals surface area contributed by atoms with Gasteiger partial charge < -0.3 is 19.9 Å². The lowest BCUT2D eigenvalue weighted by Crippen LogP contribution is -2.44. The first-order valence-electron chi connectivity index (χ1n) is 9.62. The van der Waals surface area contributed by atoms with E-state index in [-0.39, 0.29) is 43.9 Å². The van der Waals surface area contributed by atoms with Gasteiger partial charge in [-0.25, -0.2) is 9.59 Å². The summed E-state index contributed by atoms with van der Waals surface area (Å²) in [5.74, 6) is 0. The molecule has 31 heavy (non-hydrogen) atoms. The third-order valence-corrected chi connectivity index (χ3v) is 5.64. The molecular weight excluding hydrogens is 432 g/mol. The molecule has 3 rings (SSSR count). The predicted molar refractivity (Wildman–Crippen MR) is 108 cm³/mol. The van der Waals surface area contributed by atoms with Gasteiger partial charge in [0.15, 0.2) is 0 Å². The van der Waals surface area contributed by atoms with Gasteiger partial charge in [0.05, 0.1) is 29.9 Å². The van der Waals surface area contributed by atoms with Crippen LogP contribution in [0.3, 0.4) is 0 Å². The highest BCUT2D eigenvalue weighted by atomic mass is 32.2. The van der Waals surface area contributed by atoms with Crippen molar-refractivity contribution < 1.29 is 31.9 Å². The van der Waals surface area contributed by atoms with Gasteiger partial charge >= 0.3 is 12.1 Å². The van der Waals surface area contributed by atoms with E-state index in [0.29, 0.717) is 12.1 Å². The van der Waals surface area contributed by atoms with Gasteiger partial charge in [-0.05, 0) is 31.0 Å². The zero-order valence-corrected chi connectivity index (χ0v) is 17.9. The van der Waals surface area contributed by atoms with Crippen molar-refractivity contribution in [3.05, 3.63) is 39.9 Å². The van der Waals surface area contributed by atoms with Crippen LogP contribution in [-0.4, -0.2) is 79.3 Å². The van der Waals surface area contributed by atoms with Gasteiger partial charge in [-0.2, -0.15) is 8.42 Å². The number of hydrogen-bond acceptors (Lipinski definition) is 8. The molecular formula is C18H24N4O8S. The minimum Gasteiger partial charge on any atom is -0.445 e. The molecule has 2 heterocycles. The van der Waals surface area contributed by atoms with Gasteiger partial charge in [0, 0.05) is 31.3 Å². The first-order chi connectivity index (χ1) is 14.5. The third kappa shape index (κ3) is 6.04. The van der Waals surface area contributed by atoms with E-state index in [4.69, 9.17) is 8.92 Å². The van der Waals surface area contributed by atoms with Gasteiger partial charge in [-0.15, -0.1) is 0 Å². The molecule has 1 aromatic rings. The summed E-state index contributed by atoms with van der Waals surface area (Å²) in [7, 11) is -3.72. The smallest absolute Gasteiger partial charge is 0.410 e. The number of rotatable bonds is 7. The van der Waals surface area contributed by atoms with Crippen LogP contribution in [0.15, 0.2) is 24.3 Å². The predicted octanol–water partition coefficient (Wildman–Crippen LogP) is 1.06. The fourth-order valence-corrected chi connectivity index (χ4v) is 4.34. The van der Waals surface area contributed by atoms with E-state index in [0.717, 1.165) is 6.26 Å². The maximum absolute atomic E-state index is 12.7. The van der Waals surface area contributed by atoms with Crippen LogP contribution in [0.25, 0.3) is 0 Å². The summed E-state index contributed by atoms with van der Waals surface area (Å²) in [4.78, 5) is 37.9. The highest BCUT2D eigenvalue weighted by Gasteiger charge is 2.41. The van der Waals surface area contributed by atoms with Crippen LogP contribution in [0.5, 0.6) is 0 Å². The fourth-order valence-electron chi connectivity index (χ4n) is 3.70.